The van der Waals surface area contributed by atoms with Gasteiger partial charge in [0.2, 0.25) is 5.91 Å². The quantitative estimate of drug-likeness (QED) is 0.685. The summed E-state index contributed by atoms with van der Waals surface area (Å²) in [6.45, 7) is 2.39. The molecule has 1 aliphatic rings. The summed E-state index contributed by atoms with van der Waals surface area (Å²) in [4.78, 5) is 18.7. The van der Waals surface area contributed by atoms with Crippen LogP contribution in [0.4, 0.5) is 5.69 Å². The number of nitrogens with zero attached hydrogens (tertiary/aromatic N) is 4. The lowest BCUT2D eigenvalue weighted by Gasteiger charge is -2.17. The molecule has 0 radical (unpaired) electrons. The van der Waals surface area contributed by atoms with E-state index in [1.54, 1.807) is 35.2 Å². The highest BCUT2D eigenvalue weighted by atomic mass is 35.5. The Kier molecular flexibility index (Phi) is 4.38. The van der Waals surface area contributed by atoms with Crippen molar-refractivity contribution in [3.8, 4) is 17.5 Å². The van der Waals surface area contributed by atoms with Crippen LogP contribution in [0.3, 0.4) is 0 Å². The maximum absolute atomic E-state index is 12.5. The van der Waals surface area contributed by atoms with Gasteiger partial charge in [-0.25, -0.2) is 0 Å². The Morgan fingerprint density at radius 3 is 2.93 bits per heavy atom. The van der Waals surface area contributed by atoms with Crippen LogP contribution in [-0.2, 0) is 4.79 Å². The van der Waals surface area contributed by atoms with Gasteiger partial charge in [0, 0.05) is 35.2 Å². The summed E-state index contributed by atoms with van der Waals surface area (Å²) >= 11 is 6.07. The second-order valence-electron chi connectivity index (χ2n) is 6.49. The molecule has 7 heteroatoms. The highest BCUT2D eigenvalue weighted by Gasteiger charge is 2.34. The van der Waals surface area contributed by atoms with Crippen LogP contribution in [0, 0.1) is 18.3 Å². The Morgan fingerprint density at radius 2 is 2.15 bits per heavy atom. The van der Waals surface area contributed by atoms with Crippen molar-refractivity contribution in [3.63, 3.8) is 0 Å². The molecule has 27 heavy (non-hydrogen) atoms. The van der Waals surface area contributed by atoms with E-state index in [0.29, 0.717) is 40.8 Å². The molecule has 0 saturated carbocycles. The zero-order valence-corrected chi connectivity index (χ0v) is 15.3. The highest BCUT2D eigenvalue weighted by molar-refractivity contribution is 6.31. The predicted molar refractivity (Wildman–Crippen MR) is 100 cm³/mol. The molecule has 0 aliphatic carbocycles. The summed E-state index contributed by atoms with van der Waals surface area (Å²) in [7, 11) is 0. The number of carbonyl (C=O) groups excluding carboxylic acids is 1. The fraction of sp³-hybridized carbons (Fsp3) is 0.200. The van der Waals surface area contributed by atoms with Gasteiger partial charge < -0.3 is 9.42 Å². The van der Waals surface area contributed by atoms with E-state index in [0.717, 1.165) is 11.3 Å². The van der Waals surface area contributed by atoms with Crippen molar-refractivity contribution in [2.24, 2.45) is 0 Å². The third-order valence-corrected chi connectivity index (χ3v) is 5.05. The molecular weight excluding hydrogens is 364 g/mol. The van der Waals surface area contributed by atoms with E-state index in [1.807, 2.05) is 19.1 Å². The number of nitriles is 1. The number of hydrogen-bond donors (Lipinski definition) is 0. The normalized spacial score (nSPS) is 16.6. The number of benzene rings is 2. The van der Waals surface area contributed by atoms with Crippen LogP contribution in [0.25, 0.3) is 11.5 Å². The molecule has 3 aromatic rings. The topological polar surface area (TPSA) is 83.0 Å². The number of carbonyl (C=O) groups is 1. The lowest BCUT2D eigenvalue weighted by atomic mass is 10.1. The predicted octanol–water partition coefficient (Wildman–Crippen LogP) is 4.09. The van der Waals surface area contributed by atoms with Gasteiger partial charge >= 0.3 is 0 Å². The number of halogens is 1. The molecule has 134 valence electrons. The molecule has 4 rings (SSSR count). The lowest BCUT2D eigenvalue weighted by molar-refractivity contribution is -0.117. The minimum absolute atomic E-state index is 0.0135. The summed E-state index contributed by atoms with van der Waals surface area (Å²) in [6, 6.07) is 14.6. The van der Waals surface area contributed by atoms with Gasteiger partial charge in [-0.15, -0.1) is 0 Å². The van der Waals surface area contributed by atoms with Gasteiger partial charge in [0.05, 0.1) is 11.6 Å². The van der Waals surface area contributed by atoms with Crippen molar-refractivity contribution >= 4 is 23.2 Å². The fourth-order valence-corrected chi connectivity index (χ4v) is 3.28. The van der Waals surface area contributed by atoms with Crippen molar-refractivity contribution < 1.29 is 9.32 Å². The first-order valence-electron chi connectivity index (χ1n) is 8.46. The minimum Gasteiger partial charge on any atom is -0.334 e. The number of amides is 1. The minimum atomic E-state index is -0.148. The van der Waals surface area contributed by atoms with E-state index >= 15 is 0 Å². The van der Waals surface area contributed by atoms with Crippen molar-refractivity contribution in [1.29, 1.82) is 5.26 Å². The molecule has 1 aromatic heterocycles. The first-order chi connectivity index (χ1) is 13.0. The first kappa shape index (κ1) is 17.3. The zero-order valence-electron chi connectivity index (χ0n) is 14.5. The number of rotatable bonds is 3. The molecule has 0 N–H and O–H groups in total. The summed E-state index contributed by atoms with van der Waals surface area (Å²) in [5.41, 5.74) is 2.94. The van der Waals surface area contributed by atoms with E-state index in [4.69, 9.17) is 21.4 Å². The Hall–Kier alpha value is -3.17. The monoisotopic (exact) mass is 378 g/mol. The van der Waals surface area contributed by atoms with Gasteiger partial charge in [0.25, 0.3) is 5.89 Å². The van der Waals surface area contributed by atoms with Crippen molar-refractivity contribution in [1.82, 2.24) is 10.1 Å². The summed E-state index contributed by atoms with van der Waals surface area (Å²) in [6.07, 6.45) is 0.318. The molecule has 1 atom stereocenters. The van der Waals surface area contributed by atoms with E-state index < -0.39 is 0 Å². The molecule has 1 saturated heterocycles. The largest absolute Gasteiger partial charge is 0.334 e. The highest BCUT2D eigenvalue weighted by Crippen LogP contribution is 2.33. The number of aromatic nitrogens is 2. The fourth-order valence-electron chi connectivity index (χ4n) is 3.17. The summed E-state index contributed by atoms with van der Waals surface area (Å²) in [5, 5.41) is 13.7. The standard InChI is InChI=1S/C20H15ClN4O2/c1-12-7-16(5-6-17(12)21)25-11-15(9-18(25)26)19-23-20(27-24-19)14-4-2-3-13(8-14)10-22/h2-8,15H,9,11H2,1H3. The van der Waals surface area contributed by atoms with Gasteiger partial charge in [-0.1, -0.05) is 22.8 Å². The average molecular weight is 379 g/mol. The van der Waals surface area contributed by atoms with Crippen LogP contribution in [0.2, 0.25) is 5.02 Å². The lowest BCUT2D eigenvalue weighted by Crippen LogP contribution is -2.24. The molecule has 1 fully saturated rings. The Labute approximate surface area is 161 Å². The Balaban J connectivity index is 1.57. The first-order valence-corrected chi connectivity index (χ1v) is 8.83. The molecule has 0 spiro atoms. The molecule has 0 bridgehead atoms. The van der Waals surface area contributed by atoms with Crippen LogP contribution < -0.4 is 4.90 Å². The van der Waals surface area contributed by atoms with Crippen molar-refractivity contribution in [2.45, 2.75) is 19.3 Å². The van der Waals surface area contributed by atoms with Crippen LogP contribution >= 0.6 is 11.6 Å². The smallest absolute Gasteiger partial charge is 0.257 e. The Bertz CT molecular complexity index is 1070. The number of aryl methyl sites for hydroxylation is 1. The van der Waals surface area contributed by atoms with E-state index in [1.165, 1.54) is 0 Å². The molecule has 2 heterocycles. The van der Waals surface area contributed by atoms with Crippen molar-refractivity contribution in [3.05, 3.63) is 64.4 Å². The second kappa shape index (κ2) is 6.86. The van der Waals surface area contributed by atoms with Crippen LogP contribution in [0.5, 0.6) is 0 Å². The van der Waals surface area contributed by atoms with Crippen LogP contribution in [0.1, 0.15) is 29.3 Å². The van der Waals surface area contributed by atoms with Gasteiger partial charge in [0.1, 0.15) is 0 Å². The molecule has 1 unspecified atom stereocenters. The maximum Gasteiger partial charge on any atom is 0.257 e. The molecular formula is C20H15ClN4O2. The van der Waals surface area contributed by atoms with Crippen molar-refractivity contribution in [2.75, 3.05) is 11.4 Å². The van der Waals surface area contributed by atoms with Crippen LogP contribution in [0.15, 0.2) is 47.0 Å². The second-order valence-corrected chi connectivity index (χ2v) is 6.90. The third kappa shape index (κ3) is 3.29. The van der Waals surface area contributed by atoms with Gasteiger partial charge in [-0.2, -0.15) is 10.2 Å². The Morgan fingerprint density at radius 1 is 1.30 bits per heavy atom. The molecule has 1 amide bonds. The number of hydrogen-bond acceptors (Lipinski definition) is 5. The van der Waals surface area contributed by atoms with E-state index in [-0.39, 0.29) is 11.8 Å². The molecule has 1 aliphatic heterocycles. The van der Waals surface area contributed by atoms with E-state index in [2.05, 4.69) is 16.2 Å². The maximum atomic E-state index is 12.5. The summed E-state index contributed by atoms with van der Waals surface area (Å²) < 4.78 is 5.36. The van der Waals surface area contributed by atoms with Gasteiger partial charge in [-0.05, 0) is 48.9 Å². The third-order valence-electron chi connectivity index (χ3n) is 4.62. The molecule has 6 nitrogen and oxygen atoms in total. The van der Waals surface area contributed by atoms with Crippen LogP contribution in [-0.4, -0.2) is 22.6 Å². The zero-order chi connectivity index (χ0) is 19.0. The molecule has 2 aromatic carbocycles. The van der Waals surface area contributed by atoms with Gasteiger partial charge in [-0.3, -0.25) is 4.79 Å². The number of anilines is 1. The average Bonchev–Trinajstić information content (AvgIpc) is 3.31. The summed E-state index contributed by atoms with van der Waals surface area (Å²) in [5.74, 6) is 0.703. The van der Waals surface area contributed by atoms with E-state index in [9.17, 15) is 4.79 Å². The SMILES string of the molecule is Cc1cc(N2CC(c3noc(-c4cccc(C#N)c4)n3)CC2=O)ccc1Cl. The van der Waals surface area contributed by atoms with Gasteiger partial charge in [0.15, 0.2) is 5.82 Å².